The fourth-order valence-corrected chi connectivity index (χ4v) is 0.543. The van der Waals surface area contributed by atoms with E-state index in [1.165, 1.54) is 0 Å². The summed E-state index contributed by atoms with van der Waals surface area (Å²) in [5, 5.41) is 0. The smallest absolute Gasteiger partial charge is 0.304 e. The summed E-state index contributed by atoms with van der Waals surface area (Å²) in [7, 11) is -4.83. The second kappa shape index (κ2) is 3.16. The summed E-state index contributed by atoms with van der Waals surface area (Å²) < 4.78 is 59.1. The first kappa shape index (κ1) is 9.65. The third-order valence-electron chi connectivity index (χ3n) is 0.625. The highest BCUT2D eigenvalue weighted by Gasteiger charge is 2.32. The van der Waals surface area contributed by atoms with Crippen LogP contribution in [0.25, 0.3) is 0 Å². The van der Waals surface area contributed by atoms with Crippen LogP contribution in [0.4, 0.5) is 17.4 Å². The lowest BCUT2D eigenvalue weighted by Gasteiger charge is -1.99. The molecule has 0 aliphatic heterocycles. The molecule has 1 atom stereocenters. The monoisotopic (exact) mass is 178 g/mol. The molecule has 10 heavy (non-hydrogen) atoms. The van der Waals surface area contributed by atoms with Crippen LogP contribution in [0.15, 0.2) is 11.6 Å². The van der Waals surface area contributed by atoms with E-state index in [9.17, 15) is 21.9 Å². The molecule has 0 aliphatic rings. The molecule has 60 valence electrons. The molecule has 0 amide bonds. The van der Waals surface area contributed by atoms with E-state index in [1.54, 1.807) is 0 Å². The van der Waals surface area contributed by atoms with Crippen molar-refractivity contribution in [1.82, 2.24) is 0 Å². The Bertz CT molecular complexity index is 197. The lowest BCUT2D eigenvalue weighted by atomic mass is 11.1. The topological polar surface area (TPSA) is 26.3 Å². The van der Waals surface area contributed by atoms with Crippen molar-refractivity contribution in [2.75, 3.05) is 7.11 Å². The highest BCUT2D eigenvalue weighted by molar-refractivity contribution is 7.57. The van der Waals surface area contributed by atoms with Gasteiger partial charge in [-0.05, 0) is 0 Å². The van der Waals surface area contributed by atoms with Gasteiger partial charge in [-0.15, -0.1) is 4.20 Å². The van der Waals surface area contributed by atoms with E-state index in [0.29, 0.717) is 7.11 Å². The Morgan fingerprint density at radius 1 is 1.40 bits per heavy atom. The first-order valence-electron chi connectivity index (χ1n) is 1.98. The van der Waals surface area contributed by atoms with E-state index in [2.05, 4.69) is 4.52 Å². The van der Waals surface area contributed by atoms with Crippen LogP contribution in [0.3, 0.4) is 0 Å². The highest BCUT2D eigenvalue weighted by atomic mass is 31.2. The zero-order valence-electron chi connectivity index (χ0n) is 4.78. The SMILES string of the molecule is COP(=O)(F)C(F)=C(F)F. The molecule has 0 rings (SSSR count). The third-order valence-corrected chi connectivity index (χ3v) is 1.73. The van der Waals surface area contributed by atoms with Gasteiger partial charge in [0.2, 0.25) is 0 Å². The number of hydrogen-bond acceptors (Lipinski definition) is 2. The molecular weight excluding hydrogens is 175 g/mol. The largest absolute Gasteiger partial charge is 0.430 e. The summed E-state index contributed by atoms with van der Waals surface area (Å²) in [5.41, 5.74) is -2.63. The zero-order valence-corrected chi connectivity index (χ0v) is 5.67. The van der Waals surface area contributed by atoms with Crippen LogP contribution in [-0.4, -0.2) is 7.11 Å². The summed E-state index contributed by atoms with van der Waals surface area (Å²) in [6, 6.07) is 0. The van der Waals surface area contributed by atoms with Crippen LogP contribution in [0, 0.1) is 0 Å². The van der Waals surface area contributed by atoms with Gasteiger partial charge in [0.05, 0.1) is 0 Å². The molecule has 0 saturated heterocycles. The number of rotatable bonds is 2. The molecule has 0 spiro atoms. The molecule has 0 heterocycles. The Morgan fingerprint density at radius 2 is 1.80 bits per heavy atom. The summed E-state index contributed by atoms with van der Waals surface area (Å²) in [5.74, 6) is 0. The fraction of sp³-hybridized carbons (Fsp3) is 0.333. The van der Waals surface area contributed by atoms with Crippen LogP contribution in [0.1, 0.15) is 0 Å². The van der Waals surface area contributed by atoms with E-state index in [1.807, 2.05) is 0 Å². The van der Waals surface area contributed by atoms with Crippen LogP contribution < -0.4 is 0 Å². The number of hydrogen-bond donors (Lipinski definition) is 0. The molecule has 7 heteroatoms. The van der Waals surface area contributed by atoms with Gasteiger partial charge in [-0.25, -0.2) is 4.57 Å². The second-order valence-corrected chi connectivity index (χ2v) is 2.93. The molecule has 0 saturated carbocycles. The molecule has 0 aromatic rings. The average Bonchev–Trinajstić information content (AvgIpc) is 1.86. The maximum absolute atomic E-state index is 11.9. The lowest BCUT2D eigenvalue weighted by Crippen LogP contribution is -1.79. The van der Waals surface area contributed by atoms with Crippen LogP contribution >= 0.6 is 7.68 Å². The van der Waals surface area contributed by atoms with Crippen molar-refractivity contribution in [3.63, 3.8) is 0 Å². The molecule has 0 aromatic carbocycles. The van der Waals surface area contributed by atoms with Gasteiger partial charge in [-0.1, -0.05) is 0 Å². The van der Waals surface area contributed by atoms with Crippen LogP contribution in [0.2, 0.25) is 0 Å². The molecule has 0 bridgehead atoms. The van der Waals surface area contributed by atoms with Gasteiger partial charge >= 0.3 is 13.8 Å². The Labute approximate surface area is 54.1 Å². The maximum atomic E-state index is 11.9. The van der Waals surface area contributed by atoms with Crippen molar-refractivity contribution < 1.29 is 26.5 Å². The summed E-state index contributed by atoms with van der Waals surface area (Å²) in [4.78, 5) is 0. The Balaban J connectivity index is 4.67. The van der Waals surface area contributed by atoms with Crippen molar-refractivity contribution in [3.8, 4) is 0 Å². The molecule has 0 fully saturated rings. The third kappa shape index (κ3) is 2.11. The van der Waals surface area contributed by atoms with E-state index in [0.717, 1.165) is 0 Å². The predicted octanol–water partition coefficient (Wildman–Crippen LogP) is 2.83. The van der Waals surface area contributed by atoms with Gasteiger partial charge < -0.3 is 4.52 Å². The molecule has 1 unspecified atom stereocenters. The summed E-state index contributed by atoms with van der Waals surface area (Å²) in [6.07, 6.45) is -2.97. The normalized spacial score (nSPS) is 16.1. The van der Waals surface area contributed by atoms with E-state index >= 15 is 0 Å². The van der Waals surface area contributed by atoms with Crippen molar-refractivity contribution in [2.45, 2.75) is 0 Å². The van der Waals surface area contributed by atoms with Crippen molar-refractivity contribution in [2.24, 2.45) is 0 Å². The van der Waals surface area contributed by atoms with Gasteiger partial charge in [-0.3, -0.25) is 0 Å². The first-order chi connectivity index (χ1) is 4.41. The zero-order chi connectivity index (χ0) is 8.36. The van der Waals surface area contributed by atoms with Gasteiger partial charge in [0.15, 0.2) is 0 Å². The van der Waals surface area contributed by atoms with E-state index < -0.39 is 19.3 Å². The molecule has 2 nitrogen and oxygen atoms in total. The standard InChI is InChI=1S/C3H3F4O2P/c1-9-10(7,8)3(6)2(4)5/h1H3. The van der Waals surface area contributed by atoms with Gasteiger partial charge in [-0.2, -0.15) is 13.2 Å². The van der Waals surface area contributed by atoms with Crippen molar-refractivity contribution in [3.05, 3.63) is 11.6 Å². The Morgan fingerprint density at radius 3 is 1.90 bits per heavy atom. The molecule has 0 radical (unpaired) electrons. The first-order valence-corrected chi connectivity index (χ1v) is 3.50. The average molecular weight is 178 g/mol. The molecule has 0 aromatic heterocycles. The van der Waals surface area contributed by atoms with Crippen LogP contribution in [-0.2, 0) is 9.09 Å². The molecular formula is C3H3F4O2P. The Kier molecular flexibility index (Phi) is 3.05. The number of halogens is 4. The predicted molar refractivity (Wildman–Crippen MR) is 26.1 cm³/mol. The van der Waals surface area contributed by atoms with Crippen molar-refractivity contribution in [1.29, 1.82) is 0 Å². The van der Waals surface area contributed by atoms with Gasteiger partial charge in [0.1, 0.15) is 0 Å². The lowest BCUT2D eigenvalue weighted by molar-refractivity contribution is 0.334. The molecule has 0 aliphatic carbocycles. The maximum Gasteiger partial charge on any atom is 0.430 e. The summed E-state index contributed by atoms with van der Waals surface area (Å²) >= 11 is 0. The van der Waals surface area contributed by atoms with E-state index in [4.69, 9.17) is 0 Å². The Hall–Kier alpha value is -0.350. The minimum atomic E-state index is -5.36. The van der Waals surface area contributed by atoms with Gasteiger partial charge in [0.25, 0.3) is 5.57 Å². The van der Waals surface area contributed by atoms with Crippen LogP contribution in [0.5, 0.6) is 0 Å². The quantitative estimate of drug-likeness (QED) is 0.480. The minimum Gasteiger partial charge on any atom is -0.304 e. The summed E-state index contributed by atoms with van der Waals surface area (Å²) in [6.45, 7) is 0. The minimum absolute atomic E-state index is 0.531. The van der Waals surface area contributed by atoms with E-state index in [-0.39, 0.29) is 0 Å². The van der Waals surface area contributed by atoms with Crippen molar-refractivity contribution >= 4 is 7.68 Å². The fourth-order valence-electron chi connectivity index (χ4n) is 0.181. The van der Waals surface area contributed by atoms with Gasteiger partial charge in [0, 0.05) is 7.11 Å². The highest BCUT2D eigenvalue weighted by Crippen LogP contribution is 2.57. The second-order valence-electron chi connectivity index (χ2n) is 1.21. The molecule has 0 N–H and O–H groups in total.